The second-order valence-electron chi connectivity index (χ2n) is 4.61. The zero-order valence-corrected chi connectivity index (χ0v) is 11.4. The Labute approximate surface area is 108 Å². The molecule has 0 spiro atoms. The number of urea groups is 1. The van der Waals surface area contributed by atoms with Crippen LogP contribution in [0.2, 0.25) is 0 Å². The number of carbonyl (C=O) groups excluding carboxylic acids is 1. The number of aliphatic hydroxyl groups is 1. The molecular weight excluding hydrogens is 236 g/mol. The first-order valence-electron chi connectivity index (χ1n) is 6.43. The van der Waals surface area contributed by atoms with Crippen molar-refractivity contribution in [1.82, 2.24) is 10.6 Å². The van der Waals surface area contributed by atoms with Crippen LogP contribution in [0.25, 0.3) is 0 Å². The molecule has 0 saturated heterocycles. The molecule has 1 saturated carbocycles. The molecule has 3 N–H and O–H groups in total. The molecule has 0 heterocycles. The highest BCUT2D eigenvalue weighted by Gasteiger charge is 2.20. The van der Waals surface area contributed by atoms with Gasteiger partial charge in [-0.1, -0.05) is 0 Å². The maximum absolute atomic E-state index is 11.5. The minimum atomic E-state index is -0.164. The summed E-state index contributed by atoms with van der Waals surface area (Å²) in [7, 11) is 0. The van der Waals surface area contributed by atoms with E-state index in [1.807, 2.05) is 11.8 Å². The molecule has 0 unspecified atom stereocenters. The Kier molecular flexibility index (Phi) is 7.44. The van der Waals surface area contributed by atoms with Crippen LogP contribution in [0.4, 0.5) is 4.79 Å². The Hall–Kier alpha value is -0.420. The first-order valence-corrected chi connectivity index (χ1v) is 7.83. The number of hydrogen-bond acceptors (Lipinski definition) is 3. The third-order valence-corrected chi connectivity index (χ3v) is 3.79. The van der Waals surface area contributed by atoms with Crippen LogP contribution in [0.3, 0.4) is 0 Å². The largest absolute Gasteiger partial charge is 0.393 e. The van der Waals surface area contributed by atoms with Gasteiger partial charge in [-0.3, -0.25) is 0 Å². The molecule has 1 rings (SSSR count). The molecule has 1 fully saturated rings. The number of carbonyl (C=O) groups is 1. The highest BCUT2D eigenvalue weighted by atomic mass is 32.2. The van der Waals surface area contributed by atoms with Crippen molar-refractivity contribution in [3.63, 3.8) is 0 Å². The molecule has 1 aliphatic carbocycles. The smallest absolute Gasteiger partial charge is 0.315 e. The van der Waals surface area contributed by atoms with Crippen LogP contribution in [-0.4, -0.2) is 41.8 Å². The first kappa shape index (κ1) is 14.6. The summed E-state index contributed by atoms with van der Waals surface area (Å²) < 4.78 is 0. The van der Waals surface area contributed by atoms with Gasteiger partial charge in [0, 0.05) is 12.6 Å². The summed E-state index contributed by atoms with van der Waals surface area (Å²) >= 11 is 1.84. The highest BCUT2D eigenvalue weighted by Crippen LogP contribution is 2.17. The van der Waals surface area contributed by atoms with Crippen LogP contribution in [0, 0.1) is 0 Å². The van der Waals surface area contributed by atoms with Crippen LogP contribution in [0.5, 0.6) is 0 Å². The maximum Gasteiger partial charge on any atom is 0.315 e. The average molecular weight is 260 g/mol. The van der Waals surface area contributed by atoms with Crippen molar-refractivity contribution < 1.29 is 9.90 Å². The van der Waals surface area contributed by atoms with Gasteiger partial charge in [-0.2, -0.15) is 11.8 Å². The number of unbranched alkanes of at least 4 members (excludes halogenated alkanes) is 1. The maximum atomic E-state index is 11.5. The number of hydrogen-bond donors (Lipinski definition) is 3. The van der Waals surface area contributed by atoms with Crippen LogP contribution in [0.1, 0.15) is 38.5 Å². The monoisotopic (exact) mass is 260 g/mol. The summed E-state index contributed by atoms with van der Waals surface area (Å²) in [6.45, 7) is 0.752. The fraction of sp³-hybridized carbons (Fsp3) is 0.917. The predicted molar refractivity (Wildman–Crippen MR) is 72.4 cm³/mol. The van der Waals surface area contributed by atoms with Crippen LogP contribution >= 0.6 is 11.8 Å². The summed E-state index contributed by atoms with van der Waals surface area (Å²) in [6.07, 6.45) is 7.51. The van der Waals surface area contributed by atoms with Gasteiger partial charge in [0.25, 0.3) is 0 Å². The fourth-order valence-electron chi connectivity index (χ4n) is 2.03. The number of nitrogens with one attached hydrogen (secondary N) is 2. The molecule has 100 valence electrons. The summed E-state index contributed by atoms with van der Waals surface area (Å²) in [5.74, 6) is 1.16. The number of thioether (sulfide) groups is 1. The van der Waals surface area contributed by atoms with Gasteiger partial charge in [-0.25, -0.2) is 4.79 Å². The van der Waals surface area contributed by atoms with E-state index in [-0.39, 0.29) is 18.2 Å². The van der Waals surface area contributed by atoms with Gasteiger partial charge in [-0.05, 0) is 50.5 Å². The lowest BCUT2D eigenvalue weighted by Gasteiger charge is -2.26. The Morgan fingerprint density at radius 2 is 2.00 bits per heavy atom. The first-order chi connectivity index (χ1) is 8.22. The minimum absolute atomic E-state index is 0.0597. The number of amides is 2. The Morgan fingerprint density at radius 1 is 1.29 bits per heavy atom. The van der Waals surface area contributed by atoms with E-state index in [0.717, 1.165) is 50.8 Å². The average Bonchev–Trinajstić information content (AvgIpc) is 2.32. The second-order valence-corrected chi connectivity index (χ2v) is 5.59. The van der Waals surface area contributed by atoms with Gasteiger partial charge >= 0.3 is 6.03 Å². The summed E-state index contributed by atoms with van der Waals surface area (Å²) in [5, 5.41) is 15.2. The normalized spacial score (nSPS) is 24.4. The number of aliphatic hydroxyl groups excluding tert-OH is 1. The van der Waals surface area contributed by atoms with E-state index in [9.17, 15) is 9.90 Å². The van der Waals surface area contributed by atoms with Gasteiger partial charge in [-0.15, -0.1) is 0 Å². The minimum Gasteiger partial charge on any atom is -0.393 e. The van der Waals surface area contributed by atoms with Crippen molar-refractivity contribution in [2.75, 3.05) is 18.6 Å². The lowest BCUT2D eigenvalue weighted by atomic mass is 9.93. The standard InChI is InChI=1S/C12H24N2O2S/c1-17-9-3-2-8-13-12(16)14-10-4-6-11(15)7-5-10/h10-11,15H,2-9H2,1H3,(H2,13,14,16). The van der Waals surface area contributed by atoms with E-state index in [1.165, 1.54) is 0 Å². The topological polar surface area (TPSA) is 61.4 Å². The van der Waals surface area contributed by atoms with Gasteiger partial charge in [0.15, 0.2) is 0 Å². The quantitative estimate of drug-likeness (QED) is 0.637. The molecule has 0 aliphatic heterocycles. The number of rotatable bonds is 6. The van der Waals surface area contributed by atoms with Crippen molar-refractivity contribution in [3.05, 3.63) is 0 Å². The van der Waals surface area contributed by atoms with Crippen LogP contribution in [-0.2, 0) is 0 Å². The van der Waals surface area contributed by atoms with E-state index in [0.29, 0.717) is 0 Å². The molecule has 0 aromatic heterocycles. The molecule has 0 radical (unpaired) electrons. The molecular formula is C12H24N2O2S. The third kappa shape index (κ3) is 6.78. The SMILES string of the molecule is CSCCCCNC(=O)NC1CCC(O)CC1. The van der Waals surface area contributed by atoms with E-state index in [4.69, 9.17) is 0 Å². The fourth-order valence-corrected chi connectivity index (χ4v) is 2.52. The Morgan fingerprint density at radius 3 is 2.65 bits per heavy atom. The Balaban J connectivity index is 2.00. The van der Waals surface area contributed by atoms with Crippen LogP contribution < -0.4 is 10.6 Å². The molecule has 17 heavy (non-hydrogen) atoms. The molecule has 0 bridgehead atoms. The van der Waals surface area contributed by atoms with Crippen LogP contribution in [0.15, 0.2) is 0 Å². The predicted octanol–water partition coefficient (Wildman–Crippen LogP) is 1.73. The van der Waals surface area contributed by atoms with Gasteiger partial charge in [0.05, 0.1) is 6.10 Å². The highest BCUT2D eigenvalue weighted by molar-refractivity contribution is 7.98. The van der Waals surface area contributed by atoms with Crippen molar-refractivity contribution in [3.8, 4) is 0 Å². The van der Waals surface area contributed by atoms with E-state index in [2.05, 4.69) is 16.9 Å². The van der Waals surface area contributed by atoms with E-state index >= 15 is 0 Å². The molecule has 1 aliphatic rings. The van der Waals surface area contributed by atoms with Gasteiger partial charge < -0.3 is 15.7 Å². The van der Waals surface area contributed by atoms with Crippen molar-refractivity contribution >= 4 is 17.8 Å². The van der Waals surface area contributed by atoms with E-state index < -0.39 is 0 Å². The van der Waals surface area contributed by atoms with Gasteiger partial charge in [0.2, 0.25) is 0 Å². The molecule has 0 atom stereocenters. The van der Waals surface area contributed by atoms with Gasteiger partial charge in [0.1, 0.15) is 0 Å². The molecule has 0 aromatic rings. The Bertz CT molecular complexity index is 219. The zero-order chi connectivity index (χ0) is 12.5. The third-order valence-electron chi connectivity index (χ3n) is 3.09. The second kappa shape index (κ2) is 8.64. The molecule has 5 heteroatoms. The summed E-state index contributed by atoms with van der Waals surface area (Å²) in [4.78, 5) is 11.5. The van der Waals surface area contributed by atoms with Crippen molar-refractivity contribution in [2.24, 2.45) is 0 Å². The summed E-state index contributed by atoms with van der Waals surface area (Å²) in [6, 6.07) is 0.181. The van der Waals surface area contributed by atoms with E-state index in [1.54, 1.807) is 0 Å². The molecule has 4 nitrogen and oxygen atoms in total. The lowest BCUT2D eigenvalue weighted by Crippen LogP contribution is -2.44. The van der Waals surface area contributed by atoms with Crippen molar-refractivity contribution in [2.45, 2.75) is 50.7 Å². The zero-order valence-electron chi connectivity index (χ0n) is 10.6. The summed E-state index contributed by atoms with van der Waals surface area (Å²) in [5.41, 5.74) is 0. The molecule has 0 aromatic carbocycles. The molecule has 2 amide bonds. The lowest BCUT2D eigenvalue weighted by molar-refractivity contribution is 0.117. The van der Waals surface area contributed by atoms with Crippen molar-refractivity contribution in [1.29, 1.82) is 0 Å².